The molecule has 0 amide bonds. The van der Waals surface area contributed by atoms with Crippen LogP contribution in [0, 0.1) is 0 Å². The highest BCUT2D eigenvalue weighted by molar-refractivity contribution is 6.12. The van der Waals surface area contributed by atoms with E-state index in [2.05, 4.69) is 0 Å². The number of esters is 2. The summed E-state index contributed by atoms with van der Waals surface area (Å²) in [6.07, 6.45) is 3.96. The molecule has 4 N–H and O–H groups in total. The van der Waals surface area contributed by atoms with Crippen LogP contribution in [0.3, 0.4) is 0 Å². The van der Waals surface area contributed by atoms with Gasteiger partial charge in [0.05, 0.1) is 24.3 Å². The predicted molar refractivity (Wildman–Crippen MR) is 101 cm³/mol. The van der Waals surface area contributed by atoms with E-state index in [1.165, 1.54) is 12.1 Å². The van der Waals surface area contributed by atoms with Gasteiger partial charge < -0.3 is 20.7 Å². The topological polar surface area (TPSA) is 125 Å². The first-order valence-electron chi connectivity index (χ1n) is 8.26. The highest BCUT2D eigenvalue weighted by Gasteiger charge is 2.20. The van der Waals surface area contributed by atoms with Gasteiger partial charge in [0.1, 0.15) is 0 Å². The first-order valence-corrected chi connectivity index (χ1v) is 8.26. The van der Waals surface area contributed by atoms with Gasteiger partial charge in [0.25, 0.3) is 0 Å². The molecule has 0 aliphatic heterocycles. The smallest absolute Gasteiger partial charge is 0.339 e. The summed E-state index contributed by atoms with van der Waals surface area (Å²) in [5.74, 6) is -2.27. The molecule has 2 aromatic rings. The van der Waals surface area contributed by atoms with Crippen molar-refractivity contribution in [1.29, 1.82) is 0 Å². The van der Waals surface area contributed by atoms with Crippen molar-refractivity contribution >= 4 is 28.7 Å². The third kappa shape index (κ3) is 5.93. The Hall–Kier alpha value is -3.19. The lowest BCUT2D eigenvalue weighted by atomic mass is 9.99. The summed E-state index contributed by atoms with van der Waals surface area (Å²) < 4.78 is 10.2. The molecule has 0 saturated heterocycles. The summed E-state index contributed by atoms with van der Waals surface area (Å²) in [5.41, 5.74) is -0.0379. The number of fused-ring (bicyclic) bond motifs is 1. The summed E-state index contributed by atoms with van der Waals surface area (Å²) in [6, 6.07) is 10.1. The number of benzene rings is 2. The van der Waals surface area contributed by atoms with E-state index in [4.69, 9.17) is 9.47 Å². The number of unbranched alkanes of at least 4 members (excludes halogenated alkanes) is 1. The lowest BCUT2D eigenvalue weighted by Gasteiger charge is -2.10. The number of carboxylic acids is 1. The Morgan fingerprint density at radius 3 is 2.33 bits per heavy atom. The van der Waals surface area contributed by atoms with Gasteiger partial charge in [-0.25, -0.2) is 14.4 Å². The van der Waals surface area contributed by atoms with Gasteiger partial charge in [-0.2, -0.15) is 0 Å². The Balaban J connectivity index is 0.00000364. The number of hydrogen-bond acceptors (Lipinski definition) is 6. The average Bonchev–Trinajstić information content (AvgIpc) is 2.63. The van der Waals surface area contributed by atoms with Gasteiger partial charge in [0, 0.05) is 6.08 Å². The maximum Gasteiger partial charge on any atom is 0.339 e. The van der Waals surface area contributed by atoms with Crippen LogP contribution in [0.25, 0.3) is 10.8 Å². The Morgan fingerprint density at radius 2 is 1.67 bits per heavy atom. The summed E-state index contributed by atoms with van der Waals surface area (Å²) >= 11 is 0. The maximum atomic E-state index is 12.4. The third-order valence-electron chi connectivity index (χ3n) is 3.68. The van der Waals surface area contributed by atoms with Crippen molar-refractivity contribution in [2.24, 2.45) is 0 Å². The molecule has 144 valence electrons. The molecule has 7 nitrogen and oxygen atoms in total. The molecule has 0 aliphatic rings. The van der Waals surface area contributed by atoms with Crippen LogP contribution in [-0.2, 0) is 14.3 Å². The summed E-state index contributed by atoms with van der Waals surface area (Å²) in [7, 11) is 0. The molecule has 0 bridgehead atoms. The minimum absolute atomic E-state index is 0. The van der Waals surface area contributed by atoms with E-state index in [0.717, 1.165) is 5.39 Å². The second-order valence-electron chi connectivity index (χ2n) is 5.52. The zero-order chi connectivity index (χ0) is 18.9. The van der Waals surface area contributed by atoms with E-state index >= 15 is 0 Å². The van der Waals surface area contributed by atoms with Crippen molar-refractivity contribution in [3.8, 4) is 0 Å². The molecular formula is C20H23NO6. The van der Waals surface area contributed by atoms with Crippen LogP contribution in [-0.4, -0.2) is 36.2 Å². The molecule has 0 radical (unpaired) electrons. The minimum Gasteiger partial charge on any atom is -0.478 e. The van der Waals surface area contributed by atoms with Gasteiger partial charge in [-0.1, -0.05) is 36.4 Å². The first kappa shape index (κ1) is 21.9. The fourth-order valence-corrected chi connectivity index (χ4v) is 2.47. The molecule has 0 unspecified atom stereocenters. The number of allylic oxidation sites excluding steroid dienone is 1. The number of aromatic carboxylic acids is 1. The molecule has 0 heterocycles. The molecular weight excluding hydrogens is 350 g/mol. The first-order chi connectivity index (χ1) is 12.5. The van der Waals surface area contributed by atoms with Crippen molar-refractivity contribution in [3.63, 3.8) is 0 Å². The van der Waals surface area contributed by atoms with Crippen LogP contribution in [0.5, 0.6) is 0 Å². The van der Waals surface area contributed by atoms with E-state index in [0.29, 0.717) is 18.2 Å². The Kier molecular flexibility index (Phi) is 8.68. The SMILES string of the molecule is CC=CC(=O)OCCCCOC(=O)c1c(C(=O)O)ccc2ccccc12.N. The lowest BCUT2D eigenvalue weighted by molar-refractivity contribution is -0.137. The molecule has 2 rings (SSSR count). The van der Waals surface area contributed by atoms with Gasteiger partial charge in [-0.3, -0.25) is 0 Å². The number of carboxylic acid groups (broad SMARTS) is 1. The molecule has 2 aromatic carbocycles. The molecule has 7 heteroatoms. The normalized spacial score (nSPS) is 10.4. The molecule has 0 aromatic heterocycles. The van der Waals surface area contributed by atoms with Gasteiger partial charge >= 0.3 is 17.9 Å². The highest BCUT2D eigenvalue weighted by Crippen LogP contribution is 2.23. The predicted octanol–water partition coefficient (Wildman–Crippen LogP) is 3.76. The number of carbonyl (C=O) groups is 3. The van der Waals surface area contributed by atoms with Gasteiger partial charge in [-0.15, -0.1) is 0 Å². The summed E-state index contributed by atoms with van der Waals surface area (Å²) in [5, 5.41) is 10.7. The number of hydrogen-bond donors (Lipinski definition) is 2. The molecule has 0 fully saturated rings. The van der Waals surface area contributed by atoms with Crippen LogP contribution in [0.1, 0.15) is 40.5 Å². The summed E-state index contributed by atoms with van der Waals surface area (Å²) in [4.78, 5) is 35.0. The third-order valence-corrected chi connectivity index (χ3v) is 3.68. The van der Waals surface area contributed by atoms with Gasteiger partial charge in [0.2, 0.25) is 0 Å². The van der Waals surface area contributed by atoms with Crippen molar-refractivity contribution < 1.29 is 29.0 Å². The average molecular weight is 373 g/mol. The quantitative estimate of drug-likeness (QED) is 0.410. The van der Waals surface area contributed by atoms with Crippen LogP contribution in [0.15, 0.2) is 48.6 Å². The fourth-order valence-electron chi connectivity index (χ4n) is 2.47. The van der Waals surface area contributed by atoms with Crippen molar-refractivity contribution in [1.82, 2.24) is 6.15 Å². The van der Waals surface area contributed by atoms with Gasteiger partial charge in [-0.05, 0) is 36.6 Å². The zero-order valence-corrected chi connectivity index (χ0v) is 15.1. The molecule has 0 saturated carbocycles. The second kappa shape index (κ2) is 10.7. The van der Waals surface area contributed by atoms with Crippen LogP contribution in [0.2, 0.25) is 0 Å². The van der Waals surface area contributed by atoms with E-state index in [1.54, 1.807) is 37.3 Å². The van der Waals surface area contributed by atoms with E-state index in [-0.39, 0.29) is 30.5 Å². The van der Waals surface area contributed by atoms with Crippen LogP contribution < -0.4 is 6.15 Å². The minimum atomic E-state index is -1.18. The number of ether oxygens (including phenoxy) is 2. The standard InChI is InChI=1S/C20H20O6.H3N/c1-2-7-17(21)25-12-5-6-13-26-20(24)18-15-9-4-3-8-14(15)10-11-16(18)19(22)23;/h2-4,7-11H,5-6,12-13H2,1H3,(H,22,23);1H3. The van der Waals surface area contributed by atoms with E-state index in [9.17, 15) is 19.5 Å². The zero-order valence-electron chi connectivity index (χ0n) is 15.1. The van der Waals surface area contributed by atoms with Crippen molar-refractivity contribution in [2.45, 2.75) is 19.8 Å². The highest BCUT2D eigenvalue weighted by atomic mass is 16.5. The second-order valence-corrected chi connectivity index (χ2v) is 5.52. The largest absolute Gasteiger partial charge is 0.478 e. The maximum absolute atomic E-state index is 12.4. The number of rotatable bonds is 8. The fraction of sp³-hybridized carbons (Fsp3) is 0.250. The van der Waals surface area contributed by atoms with Crippen molar-refractivity contribution in [2.75, 3.05) is 13.2 Å². The monoisotopic (exact) mass is 373 g/mol. The van der Waals surface area contributed by atoms with Crippen LogP contribution >= 0.6 is 0 Å². The van der Waals surface area contributed by atoms with Crippen molar-refractivity contribution in [3.05, 3.63) is 59.7 Å². The number of carbonyl (C=O) groups excluding carboxylic acids is 2. The molecule has 0 aliphatic carbocycles. The lowest BCUT2D eigenvalue weighted by Crippen LogP contribution is -2.13. The molecule has 27 heavy (non-hydrogen) atoms. The van der Waals surface area contributed by atoms with Crippen LogP contribution in [0.4, 0.5) is 0 Å². The molecule has 0 spiro atoms. The Morgan fingerprint density at radius 1 is 1.00 bits per heavy atom. The van der Waals surface area contributed by atoms with E-state index in [1.807, 2.05) is 6.07 Å². The summed E-state index contributed by atoms with van der Waals surface area (Å²) in [6.45, 7) is 2.07. The Bertz CT molecular complexity index is 843. The van der Waals surface area contributed by atoms with E-state index < -0.39 is 17.9 Å². The van der Waals surface area contributed by atoms with Gasteiger partial charge in [0.15, 0.2) is 0 Å². The molecule has 0 atom stereocenters. The Labute approximate surface area is 157 Å².